The predicted molar refractivity (Wildman–Crippen MR) is 96.1 cm³/mol. The molecule has 1 aliphatic heterocycles. The minimum Gasteiger partial charge on any atom is -0.464 e. The van der Waals surface area contributed by atoms with Crippen LogP contribution in [-0.2, 0) is 19.1 Å². The minimum atomic E-state index is -0.814. The predicted octanol–water partition coefficient (Wildman–Crippen LogP) is 2.38. The molecule has 1 atom stereocenters. The fraction of sp³-hybridized carbons (Fsp3) is 0.895. The van der Waals surface area contributed by atoms with Crippen LogP contribution in [0.4, 0.5) is 0 Å². The number of carbonyl (C=O) groups is 2. The molecule has 1 aliphatic rings. The molecule has 1 heterocycles. The van der Waals surface area contributed by atoms with E-state index in [1.807, 2.05) is 13.8 Å². The number of rotatable bonds is 10. The lowest BCUT2D eigenvalue weighted by atomic mass is 9.72. The maximum absolute atomic E-state index is 12.6. The second-order valence-electron chi connectivity index (χ2n) is 7.87. The first-order valence-corrected chi connectivity index (χ1v) is 9.43. The molecule has 146 valence electrons. The minimum absolute atomic E-state index is 0.0224. The van der Waals surface area contributed by atoms with Gasteiger partial charge in [0.05, 0.1) is 17.4 Å². The number of likely N-dealkylation sites (tertiary alicyclic amines) is 1. The van der Waals surface area contributed by atoms with Crippen molar-refractivity contribution in [1.29, 1.82) is 0 Å². The van der Waals surface area contributed by atoms with Crippen LogP contribution in [0, 0.1) is 10.8 Å². The van der Waals surface area contributed by atoms with Gasteiger partial charge in [0.1, 0.15) is 13.2 Å². The molecule has 0 radical (unpaired) electrons. The summed E-state index contributed by atoms with van der Waals surface area (Å²) in [7, 11) is 0. The van der Waals surface area contributed by atoms with E-state index in [4.69, 9.17) is 14.6 Å². The Labute approximate surface area is 151 Å². The van der Waals surface area contributed by atoms with Crippen LogP contribution in [0.3, 0.4) is 0 Å². The molecule has 1 unspecified atom stereocenters. The fourth-order valence-corrected chi connectivity index (χ4v) is 3.35. The van der Waals surface area contributed by atoms with E-state index in [1.54, 1.807) is 13.8 Å². The first kappa shape index (κ1) is 21.9. The molecule has 0 aromatic rings. The molecule has 25 heavy (non-hydrogen) atoms. The van der Waals surface area contributed by atoms with Crippen molar-refractivity contribution in [3.63, 3.8) is 0 Å². The molecule has 0 aromatic heterocycles. The topological polar surface area (TPSA) is 76.1 Å². The van der Waals surface area contributed by atoms with Crippen LogP contribution in [0.2, 0.25) is 0 Å². The van der Waals surface area contributed by atoms with E-state index in [9.17, 15) is 9.59 Å². The zero-order valence-electron chi connectivity index (χ0n) is 16.3. The third kappa shape index (κ3) is 6.94. The lowest BCUT2D eigenvalue weighted by Crippen LogP contribution is -2.40. The maximum Gasteiger partial charge on any atom is 0.311 e. The Morgan fingerprint density at radius 2 is 1.60 bits per heavy atom. The number of carbonyl (C=O) groups excluding carboxylic acids is 2. The van der Waals surface area contributed by atoms with Gasteiger partial charge in [-0.1, -0.05) is 13.3 Å². The Bertz CT molecular complexity index is 432. The summed E-state index contributed by atoms with van der Waals surface area (Å²) >= 11 is 0. The van der Waals surface area contributed by atoms with Crippen LogP contribution in [0.1, 0.15) is 59.8 Å². The highest BCUT2D eigenvalue weighted by Gasteiger charge is 2.42. The third-order valence-corrected chi connectivity index (χ3v) is 5.07. The van der Waals surface area contributed by atoms with Crippen molar-refractivity contribution in [2.45, 2.75) is 59.8 Å². The van der Waals surface area contributed by atoms with E-state index in [0.717, 1.165) is 19.6 Å². The molecule has 0 aromatic carbocycles. The van der Waals surface area contributed by atoms with Crippen molar-refractivity contribution in [1.82, 2.24) is 4.90 Å². The van der Waals surface area contributed by atoms with E-state index in [-0.39, 0.29) is 19.2 Å². The molecule has 0 saturated carbocycles. The second kappa shape index (κ2) is 10.1. The van der Waals surface area contributed by atoms with E-state index in [0.29, 0.717) is 19.4 Å². The molecule has 1 fully saturated rings. The summed E-state index contributed by atoms with van der Waals surface area (Å²) in [6, 6.07) is 0. The summed E-state index contributed by atoms with van der Waals surface area (Å²) in [6.45, 7) is 10.4. The van der Waals surface area contributed by atoms with Crippen molar-refractivity contribution in [3.8, 4) is 0 Å². The average Bonchev–Trinajstić information content (AvgIpc) is 2.59. The van der Waals surface area contributed by atoms with Gasteiger partial charge < -0.3 is 14.6 Å². The van der Waals surface area contributed by atoms with Gasteiger partial charge in [-0.3, -0.25) is 14.5 Å². The van der Waals surface area contributed by atoms with Crippen molar-refractivity contribution in [2.24, 2.45) is 10.8 Å². The van der Waals surface area contributed by atoms with Gasteiger partial charge in [0.2, 0.25) is 0 Å². The van der Waals surface area contributed by atoms with Crippen molar-refractivity contribution >= 4 is 11.9 Å². The molecular formula is C19H35NO5. The summed E-state index contributed by atoms with van der Waals surface area (Å²) in [5.74, 6) is -0.655. The van der Waals surface area contributed by atoms with Crippen LogP contribution >= 0.6 is 0 Å². The highest BCUT2D eigenvalue weighted by atomic mass is 16.5. The number of esters is 2. The zero-order valence-corrected chi connectivity index (χ0v) is 16.3. The molecule has 1 N–H and O–H groups in total. The van der Waals surface area contributed by atoms with Gasteiger partial charge >= 0.3 is 11.9 Å². The van der Waals surface area contributed by atoms with Crippen LogP contribution in [-0.4, -0.2) is 61.4 Å². The number of hydrogen-bond donors (Lipinski definition) is 1. The average molecular weight is 357 g/mol. The second-order valence-corrected chi connectivity index (χ2v) is 7.87. The van der Waals surface area contributed by atoms with Crippen LogP contribution < -0.4 is 0 Å². The first-order chi connectivity index (χ1) is 11.7. The molecule has 6 heteroatoms. The summed E-state index contributed by atoms with van der Waals surface area (Å²) < 4.78 is 10.6. The molecule has 1 rings (SSSR count). The molecular weight excluding hydrogens is 322 g/mol. The highest BCUT2D eigenvalue weighted by Crippen LogP contribution is 2.38. The molecule has 0 spiro atoms. The normalized spacial score (nSPS) is 18.4. The summed E-state index contributed by atoms with van der Waals surface area (Å²) in [5.41, 5.74) is -1.55. The van der Waals surface area contributed by atoms with Gasteiger partial charge in [-0.2, -0.15) is 0 Å². The van der Waals surface area contributed by atoms with Crippen molar-refractivity contribution < 1.29 is 24.2 Å². The smallest absolute Gasteiger partial charge is 0.311 e. The number of aliphatic hydroxyl groups excluding tert-OH is 1. The van der Waals surface area contributed by atoms with E-state index in [1.165, 1.54) is 19.3 Å². The summed E-state index contributed by atoms with van der Waals surface area (Å²) in [4.78, 5) is 27.1. The van der Waals surface area contributed by atoms with Gasteiger partial charge in [-0.15, -0.1) is 0 Å². The molecule has 0 bridgehead atoms. The molecule has 0 aliphatic carbocycles. The van der Waals surface area contributed by atoms with E-state index >= 15 is 0 Å². The quantitative estimate of drug-likeness (QED) is 0.605. The lowest BCUT2D eigenvalue weighted by molar-refractivity contribution is -0.163. The Hall–Kier alpha value is -1.14. The Morgan fingerprint density at radius 1 is 1.00 bits per heavy atom. The maximum atomic E-state index is 12.6. The standard InChI is InChI=1S/C19H35NO5/c1-5-19(4,15-18(2,3)16(22)25-14-12-21)17(23)24-13-11-20-9-7-6-8-10-20/h21H,5-15H2,1-4H3. The van der Waals surface area contributed by atoms with E-state index < -0.39 is 16.8 Å². The Morgan fingerprint density at radius 3 is 2.16 bits per heavy atom. The van der Waals surface area contributed by atoms with Crippen molar-refractivity contribution in [3.05, 3.63) is 0 Å². The molecule has 1 saturated heterocycles. The van der Waals surface area contributed by atoms with Gasteiger partial charge in [0, 0.05) is 6.54 Å². The number of ether oxygens (including phenoxy) is 2. The molecule has 6 nitrogen and oxygen atoms in total. The Balaban J connectivity index is 2.54. The number of hydrogen-bond acceptors (Lipinski definition) is 6. The number of piperidine rings is 1. The monoisotopic (exact) mass is 357 g/mol. The van der Waals surface area contributed by atoms with Gasteiger partial charge in [-0.25, -0.2) is 0 Å². The van der Waals surface area contributed by atoms with Gasteiger partial charge in [0.15, 0.2) is 0 Å². The van der Waals surface area contributed by atoms with E-state index in [2.05, 4.69) is 4.90 Å². The zero-order chi connectivity index (χ0) is 18.9. The fourth-order valence-electron chi connectivity index (χ4n) is 3.35. The van der Waals surface area contributed by atoms with Crippen molar-refractivity contribution in [2.75, 3.05) is 39.5 Å². The third-order valence-electron chi connectivity index (χ3n) is 5.07. The summed E-state index contributed by atoms with van der Waals surface area (Å²) in [5, 5.41) is 8.80. The molecule has 0 amide bonds. The first-order valence-electron chi connectivity index (χ1n) is 9.43. The number of aliphatic hydroxyl groups is 1. The van der Waals surface area contributed by atoms with Gasteiger partial charge in [0.25, 0.3) is 0 Å². The number of nitrogens with zero attached hydrogens (tertiary/aromatic N) is 1. The lowest BCUT2D eigenvalue weighted by Gasteiger charge is -2.34. The SMILES string of the molecule is CCC(C)(CC(C)(C)C(=O)OCCO)C(=O)OCCN1CCCCC1. The Kier molecular flexibility index (Phi) is 8.86. The van der Waals surface area contributed by atoms with Gasteiger partial charge in [-0.05, 0) is 59.5 Å². The van der Waals surface area contributed by atoms with Crippen LogP contribution in [0.25, 0.3) is 0 Å². The largest absolute Gasteiger partial charge is 0.464 e. The highest BCUT2D eigenvalue weighted by molar-refractivity contribution is 5.80. The van der Waals surface area contributed by atoms with Crippen LogP contribution in [0.5, 0.6) is 0 Å². The van der Waals surface area contributed by atoms with Crippen LogP contribution in [0.15, 0.2) is 0 Å². The summed E-state index contributed by atoms with van der Waals surface area (Å²) in [6.07, 6.45) is 4.65.